The van der Waals surface area contributed by atoms with Crippen molar-refractivity contribution in [3.63, 3.8) is 0 Å². The molecule has 8 nitrogen and oxygen atoms in total. The molecule has 1 amide bonds. The highest BCUT2D eigenvalue weighted by atomic mass is 16.2. The summed E-state index contributed by atoms with van der Waals surface area (Å²) in [7, 11) is 5.59. The molecule has 8 heteroatoms. The van der Waals surface area contributed by atoms with Gasteiger partial charge in [0.2, 0.25) is 23.8 Å². The fourth-order valence-electron chi connectivity index (χ4n) is 2.24. The van der Waals surface area contributed by atoms with Crippen LogP contribution in [-0.4, -0.2) is 73.1 Å². The number of hydrogen-bond acceptors (Lipinski definition) is 7. The standard InChI is InChI=1S/C13H23N7O/c1-10(21)19-6-5-7-20(9-8-19)13-16-11(14-2)15-12(17-13)18(3)4/h5-9H2,1-4H3,(H,14,15,16,17). The van der Waals surface area contributed by atoms with Gasteiger partial charge in [-0.2, -0.15) is 15.0 Å². The second-order valence-electron chi connectivity index (χ2n) is 5.25. The van der Waals surface area contributed by atoms with Crippen LogP contribution in [0.2, 0.25) is 0 Å². The Morgan fingerprint density at radius 3 is 2.52 bits per heavy atom. The van der Waals surface area contributed by atoms with Crippen LogP contribution in [0.15, 0.2) is 0 Å². The highest BCUT2D eigenvalue weighted by Gasteiger charge is 2.20. The second kappa shape index (κ2) is 6.55. The monoisotopic (exact) mass is 293 g/mol. The maximum Gasteiger partial charge on any atom is 0.232 e. The van der Waals surface area contributed by atoms with E-state index in [-0.39, 0.29) is 5.91 Å². The number of anilines is 3. The zero-order valence-corrected chi connectivity index (χ0v) is 13.1. The third kappa shape index (κ3) is 3.71. The van der Waals surface area contributed by atoms with E-state index in [4.69, 9.17) is 0 Å². The highest BCUT2D eigenvalue weighted by Crippen LogP contribution is 2.16. The SMILES string of the molecule is CNc1nc(N(C)C)nc(N2CCCN(C(C)=O)CC2)n1. The average Bonchev–Trinajstić information content (AvgIpc) is 2.72. The molecule has 1 aliphatic heterocycles. The molecule has 1 aromatic rings. The van der Waals surface area contributed by atoms with E-state index >= 15 is 0 Å². The molecule has 0 unspecified atom stereocenters. The molecule has 0 aliphatic carbocycles. The van der Waals surface area contributed by atoms with Gasteiger partial charge in [-0.25, -0.2) is 0 Å². The summed E-state index contributed by atoms with van der Waals surface area (Å²) in [5.41, 5.74) is 0. The molecule has 116 valence electrons. The van der Waals surface area contributed by atoms with Gasteiger partial charge < -0.3 is 20.0 Å². The Kier molecular flexibility index (Phi) is 4.77. The molecular weight excluding hydrogens is 270 g/mol. The highest BCUT2D eigenvalue weighted by molar-refractivity contribution is 5.73. The van der Waals surface area contributed by atoms with Crippen molar-refractivity contribution < 1.29 is 4.79 Å². The van der Waals surface area contributed by atoms with Gasteiger partial charge in [0.15, 0.2) is 0 Å². The van der Waals surface area contributed by atoms with Crippen molar-refractivity contribution in [2.24, 2.45) is 0 Å². The predicted octanol–water partition coefficient (Wildman–Crippen LogP) is 0.0379. The first-order chi connectivity index (χ1) is 10.0. The molecular formula is C13H23N7O. The third-order valence-corrected chi connectivity index (χ3v) is 3.46. The summed E-state index contributed by atoms with van der Waals surface area (Å²) in [4.78, 5) is 30.6. The quantitative estimate of drug-likeness (QED) is 0.843. The number of amides is 1. The number of aromatic nitrogens is 3. The van der Waals surface area contributed by atoms with E-state index in [0.717, 1.165) is 26.1 Å². The van der Waals surface area contributed by atoms with Crippen LogP contribution in [0, 0.1) is 0 Å². The third-order valence-electron chi connectivity index (χ3n) is 3.46. The Morgan fingerprint density at radius 2 is 1.90 bits per heavy atom. The molecule has 0 spiro atoms. The van der Waals surface area contributed by atoms with Crippen LogP contribution < -0.4 is 15.1 Å². The minimum absolute atomic E-state index is 0.123. The van der Waals surface area contributed by atoms with E-state index < -0.39 is 0 Å². The number of rotatable bonds is 3. The Balaban J connectivity index is 2.20. The van der Waals surface area contributed by atoms with Gasteiger partial charge in [-0.1, -0.05) is 0 Å². The first-order valence-corrected chi connectivity index (χ1v) is 7.13. The summed E-state index contributed by atoms with van der Waals surface area (Å²) in [5, 5.41) is 2.96. The second-order valence-corrected chi connectivity index (χ2v) is 5.25. The van der Waals surface area contributed by atoms with E-state index in [2.05, 4.69) is 25.2 Å². The minimum Gasteiger partial charge on any atom is -0.357 e. The van der Waals surface area contributed by atoms with Gasteiger partial charge in [0.25, 0.3) is 0 Å². The van der Waals surface area contributed by atoms with Gasteiger partial charge in [0.1, 0.15) is 0 Å². The van der Waals surface area contributed by atoms with Crippen LogP contribution in [-0.2, 0) is 4.79 Å². The van der Waals surface area contributed by atoms with Crippen LogP contribution >= 0.6 is 0 Å². The fourth-order valence-corrected chi connectivity index (χ4v) is 2.24. The molecule has 0 saturated carbocycles. The Bertz CT molecular complexity index is 505. The summed E-state index contributed by atoms with van der Waals surface area (Å²) in [6.45, 7) is 4.68. The van der Waals surface area contributed by atoms with Gasteiger partial charge >= 0.3 is 0 Å². The van der Waals surface area contributed by atoms with Crippen LogP contribution in [0.1, 0.15) is 13.3 Å². The number of hydrogen-bond donors (Lipinski definition) is 1. The Labute approximate surface area is 125 Å². The molecule has 0 aromatic carbocycles. The minimum atomic E-state index is 0.123. The van der Waals surface area contributed by atoms with Gasteiger partial charge in [-0.3, -0.25) is 4.79 Å². The Morgan fingerprint density at radius 1 is 1.14 bits per heavy atom. The lowest BCUT2D eigenvalue weighted by atomic mass is 10.4. The lowest BCUT2D eigenvalue weighted by Gasteiger charge is -2.22. The van der Waals surface area contributed by atoms with Crippen molar-refractivity contribution >= 4 is 23.8 Å². The van der Waals surface area contributed by atoms with Crippen LogP contribution in [0.4, 0.5) is 17.8 Å². The van der Waals surface area contributed by atoms with Gasteiger partial charge in [0, 0.05) is 54.2 Å². The number of nitrogens with one attached hydrogen (secondary N) is 1. The molecule has 1 N–H and O–H groups in total. The maximum atomic E-state index is 11.5. The summed E-state index contributed by atoms with van der Waals surface area (Å²) in [6.07, 6.45) is 0.914. The first-order valence-electron chi connectivity index (χ1n) is 7.13. The fraction of sp³-hybridized carbons (Fsp3) is 0.692. The van der Waals surface area contributed by atoms with E-state index in [1.165, 1.54) is 0 Å². The molecule has 1 fully saturated rings. The van der Waals surface area contributed by atoms with Gasteiger partial charge in [-0.05, 0) is 6.42 Å². The zero-order valence-electron chi connectivity index (χ0n) is 13.1. The number of nitrogens with zero attached hydrogens (tertiary/aromatic N) is 6. The summed E-state index contributed by atoms with van der Waals surface area (Å²) >= 11 is 0. The van der Waals surface area contributed by atoms with E-state index in [9.17, 15) is 4.79 Å². The van der Waals surface area contributed by atoms with Gasteiger partial charge in [-0.15, -0.1) is 0 Å². The molecule has 1 aromatic heterocycles. The molecule has 1 aliphatic rings. The Hall–Kier alpha value is -2.12. The molecule has 2 rings (SSSR count). The van der Waals surface area contributed by atoms with Crippen molar-refractivity contribution in [1.29, 1.82) is 0 Å². The van der Waals surface area contributed by atoms with Crippen molar-refractivity contribution in [3.8, 4) is 0 Å². The number of carbonyl (C=O) groups excluding carboxylic acids is 1. The van der Waals surface area contributed by atoms with E-state index in [1.54, 1.807) is 14.0 Å². The van der Waals surface area contributed by atoms with Crippen molar-refractivity contribution in [2.75, 3.05) is 62.4 Å². The van der Waals surface area contributed by atoms with Gasteiger partial charge in [0.05, 0.1) is 0 Å². The zero-order chi connectivity index (χ0) is 15.4. The smallest absolute Gasteiger partial charge is 0.232 e. The molecule has 0 atom stereocenters. The molecule has 21 heavy (non-hydrogen) atoms. The molecule has 0 radical (unpaired) electrons. The van der Waals surface area contributed by atoms with Crippen molar-refractivity contribution in [1.82, 2.24) is 19.9 Å². The first kappa shape index (κ1) is 15.3. The maximum absolute atomic E-state index is 11.5. The molecule has 2 heterocycles. The normalized spacial score (nSPS) is 15.6. The lowest BCUT2D eigenvalue weighted by Crippen LogP contribution is -2.34. The topological polar surface area (TPSA) is 77.5 Å². The van der Waals surface area contributed by atoms with Crippen LogP contribution in [0.5, 0.6) is 0 Å². The van der Waals surface area contributed by atoms with Crippen LogP contribution in [0.3, 0.4) is 0 Å². The molecule has 1 saturated heterocycles. The number of carbonyl (C=O) groups is 1. The summed E-state index contributed by atoms with van der Waals surface area (Å²) < 4.78 is 0. The van der Waals surface area contributed by atoms with Crippen LogP contribution in [0.25, 0.3) is 0 Å². The summed E-state index contributed by atoms with van der Waals surface area (Å²) in [5.74, 6) is 1.95. The van der Waals surface area contributed by atoms with Crippen molar-refractivity contribution in [3.05, 3.63) is 0 Å². The lowest BCUT2D eigenvalue weighted by molar-refractivity contribution is -0.128. The van der Waals surface area contributed by atoms with Crippen molar-refractivity contribution in [2.45, 2.75) is 13.3 Å². The van der Waals surface area contributed by atoms with E-state index in [1.807, 2.05) is 23.9 Å². The largest absolute Gasteiger partial charge is 0.357 e. The summed E-state index contributed by atoms with van der Waals surface area (Å²) in [6, 6.07) is 0. The molecule has 0 bridgehead atoms. The van der Waals surface area contributed by atoms with E-state index in [0.29, 0.717) is 24.4 Å². The predicted molar refractivity (Wildman–Crippen MR) is 82.8 cm³/mol. The average molecular weight is 293 g/mol.